The van der Waals surface area contributed by atoms with Gasteiger partial charge in [0.2, 0.25) is 0 Å². The van der Waals surface area contributed by atoms with Gasteiger partial charge in [-0.3, -0.25) is 0 Å². The minimum Gasteiger partial charge on any atom is -0.204 e. The van der Waals surface area contributed by atoms with Crippen LogP contribution in [0.5, 0.6) is 0 Å². The fraction of sp³-hybridized carbons (Fsp3) is 0.600. The van der Waals surface area contributed by atoms with Gasteiger partial charge < -0.3 is 0 Å². The number of aromatic nitrogens is 3. The molecule has 16 heavy (non-hydrogen) atoms. The van der Waals surface area contributed by atoms with Gasteiger partial charge in [-0.05, 0) is 6.92 Å². The first-order valence-electron chi connectivity index (χ1n) is 3.88. The topological polar surface area (TPSA) is 102 Å². The van der Waals surface area contributed by atoms with Crippen LogP contribution in [0.15, 0.2) is 5.16 Å². The first kappa shape index (κ1) is 13.4. The van der Waals surface area contributed by atoms with Crippen molar-refractivity contribution in [1.82, 2.24) is 18.5 Å². The van der Waals surface area contributed by atoms with Gasteiger partial charge in [-0.15, -0.1) is 9.19 Å². The first-order chi connectivity index (χ1) is 7.06. The Balaban J connectivity index is 3.60. The van der Waals surface area contributed by atoms with Crippen molar-refractivity contribution < 1.29 is 16.8 Å². The summed E-state index contributed by atoms with van der Waals surface area (Å²) in [5, 5.41) is 2.66. The van der Waals surface area contributed by atoms with Gasteiger partial charge in [-0.1, -0.05) is 0 Å². The van der Waals surface area contributed by atoms with Crippen LogP contribution in [0, 0.1) is 6.92 Å². The standard InChI is InChI=1S/C5H9ClN4O4S2/c1-4-7-5(15(6,11)12)10(8-4)16(13,14)9(2)3/h1-3H3. The van der Waals surface area contributed by atoms with Crippen molar-refractivity contribution in [1.29, 1.82) is 0 Å². The minimum atomic E-state index is -4.27. The first-order valence-corrected chi connectivity index (χ1v) is 7.59. The van der Waals surface area contributed by atoms with Crippen molar-refractivity contribution in [2.24, 2.45) is 0 Å². The molecule has 0 saturated carbocycles. The van der Waals surface area contributed by atoms with Crippen LogP contribution in [0.1, 0.15) is 5.82 Å². The van der Waals surface area contributed by atoms with E-state index in [0.717, 1.165) is 4.31 Å². The molecule has 1 aromatic heterocycles. The van der Waals surface area contributed by atoms with Gasteiger partial charge >= 0.3 is 10.2 Å². The van der Waals surface area contributed by atoms with Gasteiger partial charge in [0.25, 0.3) is 14.2 Å². The molecule has 0 unspecified atom stereocenters. The second-order valence-electron chi connectivity index (χ2n) is 3.01. The predicted octanol–water partition coefficient (Wildman–Crippen LogP) is -0.831. The molecule has 0 radical (unpaired) electrons. The molecule has 0 atom stereocenters. The molecule has 0 N–H and O–H groups in total. The molecule has 1 heterocycles. The van der Waals surface area contributed by atoms with E-state index in [1.165, 1.54) is 21.0 Å². The third-order valence-electron chi connectivity index (χ3n) is 1.55. The zero-order chi connectivity index (χ0) is 12.7. The van der Waals surface area contributed by atoms with Crippen LogP contribution in [0.2, 0.25) is 0 Å². The fourth-order valence-electron chi connectivity index (χ4n) is 0.831. The Morgan fingerprint density at radius 1 is 1.25 bits per heavy atom. The van der Waals surface area contributed by atoms with E-state index in [4.69, 9.17) is 10.7 Å². The Hall–Kier alpha value is -0.710. The maximum atomic E-state index is 11.7. The van der Waals surface area contributed by atoms with Crippen LogP contribution in [-0.4, -0.2) is 49.4 Å². The molecule has 0 saturated heterocycles. The summed E-state index contributed by atoms with van der Waals surface area (Å²) < 4.78 is 46.6. The van der Waals surface area contributed by atoms with Crippen LogP contribution in [-0.2, 0) is 19.3 Å². The quantitative estimate of drug-likeness (QED) is 0.673. The Bertz CT molecular complexity index is 602. The van der Waals surface area contributed by atoms with Crippen molar-refractivity contribution in [3.05, 3.63) is 5.82 Å². The van der Waals surface area contributed by atoms with Crippen molar-refractivity contribution in [2.45, 2.75) is 12.1 Å². The lowest BCUT2D eigenvalue weighted by Crippen LogP contribution is -2.31. The van der Waals surface area contributed by atoms with E-state index in [0.29, 0.717) is 0 Å². The molecule has 11 heteroatoms. The highest BCUT2D eigenvalue weighted by Gasteiger charge is 2.29. The average molecular weight is 289 g/mol. The monoisotopic (exact) mass is 288 g/mol. The largest absolute Gasteiger partial charge is 0.325 e. The average Bonchev–Trinajstić information content (AvgIpc) is 2.46. The molecule has 0 aliphatic rings. The number of nitrogens with zero attached hydrogens (tertiary/aromatic N) is 4. The van der Waals surface area contributed by atoms with Crippen LogP contribution in [0.4, 0.5) is 0 Å². The van der Waals surface area contributed by atoms with Gasteiger partial charge in [-0.2, -0.15) is 17.7 Å². The lowest BCUT2D eigenvalue weighted by atomic mass is 10.8. The highest BCUT2D eigenvalue weighted by molar-refractivity contribution is 8.13. The second-order valence-corrected chi connectivity index (χ2v) is 7.44. The van der Waals surface area contributed by atoms with Crippen LogP contribution >= 0.6 is 10.7 Å². The van der Waals surface area contributed by atoms with Gasteiger partial charge in [0.05, 0.1) is 0 Å². The Kier molecular flexibility index (Phi) is 3.29. The summed E-state index contributed by atoms with van der Waals surface area (Å²) in [6, 6.07) is 0. The second kappa shape index (κ2) is 3.95. The Morgan fingerprint density at radius 3 is 2.12 bits per heavy atom. The highest BCUT2D eigenvalue weighted by atomic mass is 35.7. The van der Waals surface area contributed by atoms with Gasteiger partial charge in [0.15, 0.2) is 0 Å². The van der Waals surface area contributed by atoms with Gasteiger partial charge in [0, 0.05) is 24.8 Å². The van der Waals surface area contributed by atoms with E-state index < -0.39 is 24.4 Å². The molecule has 92 valence electrons. The summed E-state index contributed by atoms with van der Waals surface area (Å²) in [4.78, 5) is 3.46. The maximum Gasteiger partial charge on any atom is 0.325 e. The van der Waals surface area contributed by atoms with Crippen LogP contribution in [0.3, 0.4) is 0 Å². The third kappa shape index (κ3) is 2.34. The van der Waals surface area contributed by atoms with Crippen molar-refractivity contribution in [2.75, 3.05) is 14.1 Å². The van der Waals surface area contributed by atoms with Crippen LogP contribution in [0.25, 0.3) is 0 Å². The number of hydrogen-bond donors (Lipinski definition) is 0. The van der Waals surface area contributed by atoms with Gasteiger partial charge in [0.1, 0.15) is 5.82 Å². The predicted molar refractivity (Wildman–Crippen MR) is 55.8 cm³/mol. The molecule has 0 spiro atoms. The van der Waals surface area contributed by atoms with E-state index in [9.17, 15) is 16.8 Å². The molecule has 0 aliphatic heterocycles. The summed E-state index contributed by atoms with van der Waals surface area (Å²) in [7, 11) is -0.811. The molecule has 1 rings (SSSR count). The molecule has 0 aromatic carbocycles. The minimum absolute atomic E-state index is 0.00958. The fourth-order valence-corrected chi connectivity index (χ4v) is 3.07. The Morgan fingerprint density at radius 2 is 1.75 bits per heavy atom. The smallest absolute Gasteiger partial charge is 0.204 e. The van der Waals surface area contributed by atoms with E-state index in [1.807, 2.05) is 0 Å². The zero-order valence-electron chi connectivity index (χ0n) is 8.62. The molecule has 0 amide bonds. The van der Waals surface area contributed by atoms with Crippen LogP contribution < -0.4 is 0 Å². The summed E-state index contributed by atoms with van der Waals surface area (Å²) in [6.45, 7) is 1.35. The number of halogens is 1. The zero-order valence-corrected chi connectivity index (χ0v) is 11.0. The van der Waals surface area contributed by atoms with E-state index in [1.54, 1.807) is 0 Å². The normalized spacial score (nSPS) is 13.3. The third-order valence-corrected chi connectivity index (χ3v) is 4.40. The SMILES string of the molecule is Cc1nc(S(=O)(=O)Cl)n(S(=O)(=O)N(C)C)n1. The number of aryl methyl sites for hydroxylation is 1. The maximum absolute atomic E-state index is 11.7. The molecule has 1 aromatic rings. The lowest BCUT2D eigenvalue weighted by Gasteiger charge is -2.11. The summed E-state index contributed by atoms with van der Waals surface area (Å²) in [5.74, 6) is -0.00958. The number of rotatable bonds is 3. The lowest BCUT2D eigenvalue weighted by molar-refractivity contribution is 0.494. The molecule has 8 nitrogen and oxygen atoms in total. The van der Waals surface area contributed by atoms with E-state index >= 15 is 0 Å². The Labute approximate surface area is 97.4 Å². The summed E-state index contributed by atoms with van der Waals surface area (Å²) >= 11 is 0. The van der Waals surface area contributed by atoms with Gasteiger partial charge in [-0.25, -0.2) is 8.42 Å². The molecule has 0 fully saturated rings. The van der Waals surface area contributed by atoms with Crippen molar-refractivity contribution in [3.8, 4) is 0 Å². The number of hydrogen-bond acceptors (Lipinski definition) is 6. The highest BCUT2D eigenvalue weighted by Crippen LogP contribution is 2.15. The van der Waals surface area contributed by atoms with Crippen molar-refractivity contribution >= 4 is 29.9 Å². The molecular weight excluding hydrogens is 280 g/mol. The molecule has 0 bridgehead atoms. The molecular formula is C5H9ClN4O4S2. The summed E-state index contributed by atoms with van der Waals surface area (Å²) in [6.07, 6.45) is 0. The van der Waals surface area contributed by atoms with E-state index in [-0.39, 0.29) is 9.91 Å². The summed E-state index contributed by atoms with van der Waals surface area (Å²) in [5.41, 5.74) is 0. The van der Waals surface area contributed by atoms with Crippen molar-refractivity contribution in [3.63, 3.8) is 0 Å². The molecule has 0 aliphatic carbocycles. The van der Waals surface area contributed by atoms with E-state index in [2.05, 4.69) is 10.1 Å².